The van der Waals surface area contributed by atoms with Crippen molar-refractivity contribution in [3.8, 4) is 0 Å². The molecule has 0 heterocycles. The smallest absolute Gasteiger partial charge is 0.247 e. The topological polar surface area (TPSA) is 95.6 Å². The molecule has 0 unspecified atom stereocenters. The number of carbonyl (C=O) groups excluding carboxylic acids is 2. The molecule has 0 bridgehead atoms. The van der Waals surface area contributed by atoms with E-state index in [9.17, 15) is 22.4 Å². The fraction of sp³-hybridized carbons (Fsp3) is 0.310. The second kappa shape index (κ2) is 12.3. The third kappa shape index (κ3) is 7.26. The predicted molar refractivity (Wildman–Crippen MR) is 143 cm³/mol. The minimum Gasteiger partial charge on any atom is -0.354 e. The molecule has 1 aliphatic rings. The van der Waals surface area contributed by atoms with Crippen LogP contribution in [0.3, 0.4) is 0 Å². The number of hydrogen-bond donors (Lipinski definition) is 2. The summed E-state index contributed by atoms with van der Waals surface area (Å²) in [5.74, 6) is -0.929. The van der Waals surface area contributed by atoms with Gasteiger partial charge in [-0.2, -0.15) is 0 Å². The number of halogens is 1. The minimum absolute atomic E-state index is 0.0202. The number of nitrogens with zero attached hydrogens (tertiary/aromatic N) is 1. The van der Waals surface area contributed by atoms with Crippen molar-refractivity contribution >= 4 is 21.8 Å². The van der Waals surface area contributed by atoms with Crippen molar-refractivity contribution in [1.29, 1.82) is 0 Å². The molecule has 0 radical (unpaired) electrons. The molecule has 7 nitrogen and oxygen atoms in total. The van der Waals surface area contributed by atoms with Gasteiger partial charge in [-0.3, -0.25) is 9.59 Å². The van der Waals surface area contributed by atoms with Gasteiger partial charge in [-0.15, -0.1) is 0 Å². The number of amides is 2. The van der Waals surface area contributed by atoms with Gasteiger partial charge >= 0.3 is 0 Å². The van der Waals surface area contributed by atoms with Gasteiger partial charge in [-0.25, -0.2) is 17.5 Å². The maximum atomic E-state index is 13.6. The molecule has 0 spiro atoms. The molecule has 0 aromatic heterocycles. The average Bonchev–Trinajstić information content (AvgIpc) is 3.72. The van der Waals surface area contributed by atoms with Gasteiger partial charge in [0.1, 0.15) is 11.9 Å². The average molecular weight is 538 g/mol. The number of aryl methyl sites for hydroxylation is 1. The molecule has 0 saturated heterocycles. The molecule has 3 aromatic rings. The first-order valence-electron chi connectivity index (χ1n) is 12.7. The first kappa shape index (κ1) is 27.5. The summed E-state index contributed by atoms with van der Waals surface area (Å²) >= 11 is 0. The fourth-order valence-electron chi connectivity index (χ4n) is 4.21. The van der Waals surface area contributed by atoms with Crippen molar-refractivity contribution in [2.75, 3.05) is 6.54 Å². The zero-order valence-corrected chi connectivity index (χ0v) is 22.1. The van der Waals surface area contributed by atoms with Gasteiger partial charge in [0.05, 0.1) is 4.90 Å². The van der Waals surface area contributed by atoms with Gasteiger partial charge in [0.2, 0.25) is 21.8 Å². The number of benzene rings is 3. The first-order chi connectivity index (χ1) is 18.3. The lowest BCUT2D eigenvalue weighted by Crippen LogP contribution is -2.43. The summed E-state index contributed by atoms with van der Waals surface area (Å²) in [6.45, 7) is 2.35. The Morgan fingerprint density at radius 3 is 2.18 bits per heavy atom. The highest BCUT2D eigenvalue weighted by molar-refractivity contribution is 7.89. The zero-order valence-electron chi connectivity index (χ0n) is 21.3. The lowest BCUT2D eigenvalue weighted by molar-refractivity contribution is -0.141. The fourth-order valence-corrected chi connectivity index (χ4v) is 5.51. The third-order valence-electron chi connectivity index (χ3n) is 6.37. The number of sulfonamides is 1. The quantitative estimate of drug-likeness (QED) is 0.364. The van der Waals surface area contributed by atoms with Crippen LogP contribution in [0.5, 0.6) is 0 Å². The highest BCUT2D eigenvalue weighted by Gasteiger charge is 2.31. The van der Waals surface area contributed by atoms with Gasteiger partial charge in [0.25, 0.3) is 0 Å². The molecule has 0 aliphatic heterocycles. The second-order valence-electron chi connectivity index (χ2n) is 9.40. The van der Waals surface area contributed by atoms with E-state index in [1.54, 1.807) is 48.5 Å². The van der Waals surface area contributed by atoms with E-state index in [0.29, 0.717) is 24.1 Å². The summed E-state index contributed by atoms with van der Waals surface area (Å²) in [4.78, 5) is 28.5. The van der Waals surface area contributed by atoms with E-state index in [4.69, 9.17) is 0 Å². The Morgan fingerprint density at radius 2 is 1.58 bits per heavy atom. The van der Waals surface area contributed by atoms with Crippen molar-refractivity contribution in [3.63, 3.8) is 0 Å². The second-order valence-corrected chi connectivity index (χ2v) is 11.1. The maximum Gasteiger partial charge on any atom is 0.247 e. The molecular formula is C29H32FN3O4S. The standard InChI is InChI=1S/C29H32FN3O4S/c1-2-31-29(35)28(23-6-4-3-5-7-23)33(20-22-8-13-24(30)14-9-22)27(34)19-12-21-10-17-26(18-11-21)38(36,37)32-25-15-16-25/h3-11,13-14,17-18,25,28,32H,2,12,15-16,19-20H2,1H3,(H,31,35)/t28-/m1/s1. The predicted octanol–water partition coefficient (Wildman–Crippen LogP) is 4.11. The van der Waals surface area contributed by atoms with Crippen molar-refractivity contribution in [3.05, 3.63) is 101 Å². The number of hydrogen-bond acceptors (Lipinski definition) is 4. The number of carbonyl (C=O) groups is 2. The van der Waals surface area contributed by atoms with E-state index >= 15 is 0 Å². The van der Waals surface area contributed by atoms with Crippen LogP contribution in [-0.4, -0.2) is 37.7 Å². The van der Waals surface area contributed by atoms with Crippen LogP contribution in [0.1, 0.15) is 48.9 Å². The normalized spacial score (nSPS) is 14.1. The van der Waals surface area contributed by atoms with Crippen LogP contribution in [0, 0.1) is 5.82 Å². The van der Waals surface area contributed by atoms with E-state index in [-0.39, 0.29) is 41.5 Å². The van der Waals surface area contributed by atoms with Crippen molar-refractivity contribution < 1.29 is 22.4 Å². The Morgan fingerprint density at radius 1 is 0.947 bits per heavy atom. The summed E-state index contributed by atoms with van der Waals surface area (Å²) < 4.78 is 41.1. The number of nitrogens with one attached hydrogen (secondary N) is 2. The zero-order chi connectivity index (χ0) is 27.1. The Labute approximate surface area is 223 Å². The first-order valence-corrected chi connectivity index (χ1v) is 14.2. The van der Waals surface area contributed by atoms with Crippen molar-refractivity contribution in [2.45, 2.75) is 56.1 Å². The Balaban J connectivity index is 1.54. The monoisotopic (exact) mass is 537 g/mol. The van der Waals surface area contributed by atoms with Crippen LogP contribution in [0.25, 0.3) is 0 Å². The molecule has 4 rings (SSSR count). The largest absolute Gasteiger partial charge is 0.354 e. The lowest BCUT2D eigenvalue weighted by Gasteiger charge is -2.31. The molecule has 2 amide bonds. The van der Waals surface area contributed by atoms with Crippen LogP contribution >= 0.6 is 0 Å². The van der Waals surface area contributed by atoms with E-state index in [2.05, 4.69) is 10.0 Å². The van der Waals surface area contributed by atoms with Crippen LogP contribution in [-0.2, 0) is 32.6 Å². The maximum absolute atomic E-state index is 13.6. The minimum atomic E-state index is -3.55. The molecule has 3 aromatic carbocycles. The van der Waals surface area contributed by atoms with E-state index in [1.165, 1.54) is 17.0 Å². The van der Waals surface area contributed by atoms with Crippen LogP contribution in [0.15, 0.2) is 83.8 Å². The Hall–Kier alpha value is -3.56. The van der Waals surface area contributed by atoms with E-state index in [0.717, 1.165) is 18.4 Å². The third-order valence-corrected chi connectivity index (χ3v) is 7.91. The van der Waals surface area contributed by atoms with E-state index in [1.807, 2.05) is 25.1 Å². The SMILES string of the molecule is CCNC(=O)[C@@H](c1ccccc1)N(Cc1ccc(F)cc1)C(=O)CCc1ccc(S(=O)(=O)NC2CC2)cc1. The molecule has 38 heavy (non-hydrogen) atoms. The van der Waals surface area contributed by atoms with Gasteiger partial charge in [0, 0.05) is 25.6 Å². The summed E-state index contributed by atoms with van der Waals surface area (Å²) in [6.07, 6.45) is 2.19. The van der Waals surface area contributed by atoms with Gasteiger partial charge < -0.3 is 10.2 Å². The highest BCUT2D eigenvalue weighted by Crippen LogP contribution is 2.26. The van der Waals surface area contributed by atoms with Crippen molar-refractivity contribution in [2.24, 2.45) is 0 Å². The molecule has 200 valence electrons. The molecule has 1 fully saturated rings. The summed E-state index contributed by atoms with van der Waals surface area (Å²) in [5.41, 5.74) is 2.18. The van der Waals surface area contributed by atoms with Crippen molar-refractivity contribution in [1.82, 2.24) is 14.9 Å². The molecule has 1 saturated carbocycles. The van der Waals surface area contributed by atoms with Crippen LogP contribution in [0.4, 0.5) is 4.39 Å². The van der Waals surface area contributed by atoms with Gasteiger partial charge in [-0.05, 0) is 67.1 Å². The Bertz CT molecular complexity index is 1340. The Kier molecular flexibility index (Phi) is 8.91. The lowest BCUT2D eigenvalue weighted by atomic mass is 10.0. The summed E-state index contributed by atoms with van der Waals surface area (Å²) in [7, 11) is -3.55. The highest BCUT2D eigenvalue weighted by atomic mass is 32.2. The summed E-state index contributed by atoms with van der Waals surface area (Å²) in [5, 5.41) is 2.83. The molecular weight excluding hydrogens is 505 g/mol. The van der Waals surface area contributed by atoms with Crippen LogP contribution < -0.4 is 10.0 Å². The summed E-state index contributed by atoms with van der Waals surface area (Å²) in [6, 6.07) is 20.6. The molecule has 2 N–H and O–H groups in total. The van der Waals surface area contributed by atoms with Crippen LogP contribution in [0.2, 0.25) is 0 Å². The molecule has 1 atom stereocenters. The van der Waals surface area contributed by atoms with Gasteiger partial charge in [-0.1, -0.05) is 54.6 Å². The number of rotatable bonds is 12. The molecule has 9 heteroatoms. The molecule has 1 aliphatic carbocycles. The van der Waals surface area contributed by atoms with Gasteiger partial charge in [0.15, 0.2) is 0 Å². The number of likely N-dealkylation sites (N-methyl/N-ethyl adjacent to an activating group) is 1. The van der Waals surface area contributed by atoms with E-state index < -0.39 is 16.1 Å².